The van der Waals surface area contributed by atoms with Crippen LogP contribution in [0.25, 0.3) is 0 Å². The van der Waals surface area contributed by atoms with Gasteiger partial charge in [-0.25, -0.2) is 8.37 Å². The van der Waals surface area contributed by atoms with Crippen molar-refractivity contribution in [3.8, 4) is 0 Å². The Morgan fingerprint density at radius 1 is 1.00 bits per heavy atom. The molecule has 0 amide bonds. The predicted molar refractivity (Wildman–Crippen MR) is 64.0 cm³/mol. The van der Waals surface area contributed by atoms with Crippen molar-refractivity contribution in [2.45, 2.75) is 16.3 Å². The first-order valence-corrected chi connectivity index (χ1v) is 8.89. The zero-order valence-electron chi connectivity index (χ0n) is 10.1. The van der Waals surface area contributed by atoms with Crippen LogP contribution in [0, 0.1) is 0 Å². The van der Waals surface area contributed by atoms with E-state index in [-0.39, 0.29) is 7.11 Å². The maximum atomic E-state index is 14.5. The van der Waals surface area contributed by atoms with E-state index in [4.69, 9.17) is 0 Å². The van der Waals surface area contributed by atoms with Gasteiger partial charge in [0.25, 0.3) is 0 Å². The lowest BCUT2D eigenvalue weighted by Crippen LogP contribution is -2.45. The molecule has 138 valence electrons. The van der Waals surface area contributed by atoms with Crippen LogP contribution in [0.4, 0.5) is 38.5 Å². The second-order valence-corrected chi connectivity index (χ2v) is 10.6. The van der Waals surface area contributed by atoms with E-state index < -0.39 is 48.5 Å². The minimum atomic E-state index is -9.60. The number of rotatable bonds is 8. The van der Waals surface area contributed by atoms with Crippen LogP contribution in [0.15, 0.2) is 0 Å². The third-order valence-electron chi connectivity index (χ3n) is 1.72. The summed E-state index contributed by atoms with van der Waals surface area (Å²) >= 11 is 8.76. The van der Waals surface area contributed by atoms with Gasteiger partial charge in [0.2, 0.25) is 0 Å². The van der Waals surface area contributed by atoms with Gasteiger partial charge in [0.05, 0.1) is 0 Å². The first-order valence-electron chi connectivity index (χ1n) is 4.54. The Morgan fingerprint density at radius 3 is 1.73 bits per heavy atom. The molecule has 0 bridgehead atoms. The molecule has 0 unspecified atom stereocenters. The molecular weight excluding hydrogens is 426 g/mol. The van der Waals surface area contributed by atoms with Crippen molar-refractivity contribution in [2.24, 2.45) is 0 Å². The standard InChI is InChI=1S/C6H7Cl2F9O3S2/c1-18-6(14,15)21-22(16,17,20-3-7,5(8,12)13)19-2-4(9,10)11/h2-3H2,1H3. The molecule has 0 radical (unpaired) electrons. The summed E-state index contributed by atoms with van der Waals surface area (Å²) in [6, 6.07) is -1.93. The minimum Gasteiger partial charge on any atom is -0.314 e. The maximum Gasteiger partial charge on any atom is 0.444 e. The Kier molecular flexibility index (Phi) is 5.95. The molecule has 16 heteroatoms. The van der Waals surface area contributed by atoms with Gasteiger partial charge in [-0.15, -0.1) is 0 Å². The highest BCUT2D eigenvalue weighted by Crippen LogP contribution is 3.09. The van der Waals surface area contributed by atoms with E-state index in [1.807, 2.05) is 0 Å². The molecule has 0 atom stereocenters. The third-order valence-corrected chi connectivity index (χ3v) is 8.85. The molecule has 0 aromatic heterocycles. The van der Waals surface area contributed by atoms with Crippen LogP contribution in [0.1, 0.15) is 0 Å². The van der Waals surface area contributed by atoms with E-state index >= 15 is 0 Å². The number of methoxy groups -OCH3 is 1. The smallest absolute Gasteiger partial charge is 0.314 e. The third kappa shape index (κ3) is 4.54. The van der Waals surface area contributed by atoms with Crippen molar-refractivity contribution in [3.05, 3.63) is 0 Å². The Balaban J connectivity index is 6.22. The fourth-order valence-corrected chi connectivity index (χ4v) is 5.90. The summed E-state index contributed by atoms with van der Waals surface area (Å²) in [5.74, 6) is 0. The van der Waals surface area contributed by atoms with Gasteiger partial charge in [-0.2, -0.15) is 30.7 Å². The van der Waals surface area contributed by atoms with Crippen molar-refractivity contribution in [2.75, 3.05) is 19.8 Å². The largest absolute Gasteiger partial charge is 0.444 e. The molecule has 0 heterocycles. The summed E-state index contributed by atoms with van der Waals surface area (Å²) in [6.07, 6.45) is -5.59. The zero-order chi connectivity index (χ0) is 18.2. The van der Waals surface area contributed by atoms with Gasteiger partial charge in [0.15, 0.2) is 6.61 Å². The Morgan fingerprint density at radius 2 is 1.45 bits per heavy atom. The summed E-state index contributed by atoms with van der Waals surface area (Å²) < 4.78 is 121. The van der Waals surface area contributed by atoms with E-state index in [0.717, 1.165) is 0 Å². The van der Waals surface area contributed by atoms with Crippen LogP contribution in [-0.4, -0.2) is 36.1 Å². The van der Waals surface area contributed by atoms with Crippen LogP contribution in [0.2, 0.25) is 0 Å². The monoisotopic (exact) mass is 432 g/mol. The molecule has 0 aliphatic carbocycles. The molecule has 0 rings (SSSR count). The molecule has 0 aromatic carbocycles. The van der Waals surface area contributed by atoms with Crippen LogP contribution in [0.5, 0.6) is 0 Å². The molecule has 0 aromatic rings. The van der Waals surface area contributed by atoms with Gasteiger partial charge >= 0.3 is 16.3 Å². The van der Waals surface area contributed by atoms with Gasteiger partial charge in [0.1, 0.15) is 16.9 Å². The number of ether oxygens (including phenoxy) is 1. The average Bonchev–Trinajstić information content (AvgIpc) is 2.24. The Hall–Kier alpha value is 0.530. The second kappa shape index (κ2) is 5.81. The SMILES string of the molecule is COC(F)(F)SS(F)(F)(OCCl)(OCC(F)(F)F)C(F)(F)Cl. The predicted octanol–water partition coefficient (Wildman–Crippen LogP) is 5.89. The van der Waals surface area contributed by atoms with Crippen LogP contribution in [-0.2, 0) is 13.1 Å². The molecule has 0 aliphatic rings. The van der Waals surface area contributed by atoms with Crippen molar-refractivity contribution in [1.82, 2.24) is 0 Å². The van der Waals surface area contributed by atoms with E-state index in [1.165, 1.54) is 0 Å². The normalized spacial score (nSPS) is 18.0. The Bertz CT molecular complexity index is 427. The molecule has 0 fully saturated rings. The van der Waals surface area contributed by atoms with E-state index in [9.17, 15) is 38.5 Å². The van der Waals surface area contributed by atoms with Gasteiger partial charge < -0.3 is 4.74 Å². The maximum absolute atomic E-state index is 14.5. The van der Waals surface area contributed by atoms with E-state index in [1.54, 1.807) is 0 Å². The van der Waals surface area contributed by atoms with Gasteiger partial charge in [-0.05, 0) is 11.6 Å². The zero-order valence-corrected chi connectivity index (χ0v) is 13.3. The van der Waals surface area contributed by atoms with Gasteiger partial charge in [0, 0.05) is 15.8 Å². The summed E-state index contributed by atoms with van der Waals surface area (Å²) in [5.41, 5.74) is -5.14. The fraction of sp³-hybridized carbons (Fsp3) is 1.00. The highest BCUT2D eigenvalue weighted by molar-refractivity contribution is 9.05. The summed E-state index contributed by atoms with van der Waals surface area (Å²) in [5, 5.41) is 0. The van der Waals surface area contributed by atoms with Gasteiger partial charge in [-0.3, -0.25) is 0 Å². The molecule has 3 nitrogen and oxygen atoms in total. The summed E-state index contributed by atoms with van der Waals surface area (Å²) in [4.78, 5) is 0. The summed E-state index contributed by atoms with van der Waals surface area (Å²) in [7, 11) is -11.9. The van der Waals surface area contributed by atoms with E-state index in [2.05, 4.69) is 36.3 Å². The highest BCUT2D eigenvalue weighted by Gasteiger charge is 2.80. The molecular formula is C6H7Cl2F9O3S2. The van der Waals surface area contributed by atoms with Crippen LogP contribution >= 0.6 is 42.7 Å². The first-order chi connectivity index (χ1) is 9.36. The average molecular weight is 433 g/mol. The molecule has 0 N–H and O–H groups in total. The highest BCUT2D eigenvalue weighted by atomic mass is 35.5. The van der Waals surface area contributed by atoms with E-state index in [0.29, 0.717) is 0 Å². The fourth-order valence-electron chi connectivity index (χ4n) is 0.779. The van der Waals surface area contributed by atoms with Crippen LogP contribution in [0.3, 0.4) is 0 Å². The second-order valence-electron chi connectivity index (χ2n) is 3.35. The van der Waals surface area contributed by atoms with Crippen molar-refractivity contribution in [3.63, 3.8) is 0 Å². The number of alkyl halides is 9. The van der Waals surface area contributed by atoms with Crippen LogP contribution < -0.4 is 0 Å². The Labute approximate surface area is 131 Å². The van der Waals surface area contributed by atoms with Crippen molar-refractivity contribution in [1.29, 1.82) is 0 Å². The molecule has 0 saturated carbocycles. The topological polar surface area (TPSA) is 27.7 Å². The lowest BCUT2D eigenvalue weighted by Gasteiger charge is -2.68. The minimum absolute atomic E-state index is 0.117. The molecule has 0 aliphatic heterocycles. The molecule has 0 saturated heterocycles. The number of hydrogen-bond acceptors (Lipinski definition) is 4. The van der Waals surface area contributed by atoms with Crippen molar-refractivity contribution < 1.29 is 51.6 Å². The summed E-state index contributed by atoms with van der Waals surface area (Å²) in [6.45, 7) is -3.06. The lowest BCUT2D eigenvalue weighted by atomic mass is 10.7. The van der Waals surface area contributed by atoms with Crippen molar-refractivity contribution >= 4 is 42.7 Å². The first kappa shape index (κ1) is 22.5. The number of halogens is 11. The van der Waals surface area contributed by atoms with Gasteiger partial charge in [-0.1, -0.05) is 19.4 Å². The molecule has 0 spiro atoms. The molecule has 22 heavy (non-hydrogen) atoms. The number of hydrogen-bond donors (Lipinski definition) is 0. The quantitative estimate of drug-likeness (QED) is 0.207. The lowest BCUT2D eigenvalue weighted by molar-refractivity contribution is -0.160.